The zero-order valence-electron chi connectivity index (χ0n) is 13.7. The van der Waals surface area contributed by atoms with Crippen LogP contribution in [0.15, 0.2) is 24.3 Å². The summed E-state index contributed by atoms with van der Waals surface area (Å²) in [5, 5.41) is 0.573. The zero-order valence-corrected chi connectivity index (χ0v) is 14.5. The van der Waals surface area contributed by atoms with Crippen molar-refractivity contribution in [1.29, 1.82) is 0 Å². The van der Waals surface area contributed by atoms with Crippen molar-refractivity contribution in [3.8, 4) is 0 Å². The number of nitrogens with zero attached hydrogens (tertiary/aromatic N) is 2. The van der Waals surface area contributed by atoms with E-state index in [2.05, 4.69) is 0 Å². The maximum atomic E-state index is 13.4. The molecule has 0 bridgehead atoms. The van der Waals surface area contributed by atoms with Crippen LogP contribution in [0.5, 0.6) is 0 Å². The summed E-state index contributed by atoms with van der Waals surface area (Å²) in [4.78, 5) is 16.0. The molecule has 1 amide bonds. The van der Waals surface area contributed by atoms with E-state index in [9.17, 15) is 13.6 Å². The van der Waals surface area contributed by atoms with E-state index in [0.29, 0.717) is 23.7 Å². The van der Waals surface area contributed by atoms with Crippen LogP contribution < -0.4 is 0 Å². The molecule has 0 radical (unpaired) electrons. The van der Waals surface area contributed by atoms with Crippen LogP contribution in [0.1, 0.15) is 30.6 Å². The topological polar surface area (TPSA) is 23.6 Å². The number of likely N-dealkylation sites (N-methyl/N-ethyl adjacent to an activating group) is 1. The maximum absolute atomic E-state index is 13.4. The molecule has 2 rings (SSSR count). The molecule has 1 fully saturated rings. The van der Waals surface area contributed by atoms with Crippen LogP contribution in [0.25, 0.3) is 0 Å². The lowest BCUT2D eigenvalue weighted by atomic mass is 10.0. The molecule has 0 N–H and O–H groups in total. The molecule has 128 valence electrons. The van der Waals surface area contributed by atoms with Gasteiger partial charge in [0.25, 0.3) is 11.8 Å². The summed E-state index contributed by atoms with van der Waals surface area (Å²) in [5.74, 6) is -2.56. The third-order valence-electron chi connectivity index (χ3n) is 4.37. The molecule has 0 unspecified atom stereocenters. The molecule has 23 heavy (non-hydrogen) atoms. The Bertz CT molecular complexity index is 548. The van der Waals surface area contributed by atoms with E-state index >= 15 is 0 Å². The molecule has 0 aliphatic carbocycles. The van der Waals surface area contributed by atoms with Crippen LogP contribution in [0.4, 0.5) is 8.78 Å². The Morgan fingerprint density at radius 1 is 1.35 bits per heavy atom. The summed E-state index contributed by atoms with van der Waals surface area (Å²) in [7, 11) is 1.73. The highest BCUT2D eigenvalue weighted by Crippen LogP contribution is 2.28. The highest BCUT2D eigenvalue weighted by atomic mass is 35.5. The van der Waals surface area contributed by atoms with E-state index in [-0.39, 0.29) is 30.8 Å². The molecule has 1 aliphatic rings. The van der Waals surface area contributed by atoms with E-state index in [0.717, 1.165) is 0 Å². The van der Waals surface area contributed by atoms with Crippen molar-refractivity contribution in [3.63, 3.8) is 0 Å². The van der Waals surface area contributed by atoms with Crippen LogP contribution in [-0.2, 0) is 0 Å². The van der Waals surface area contributed by atoms with E-state index < -0.39 is 5.92 Å². The SMILES string of the molecule is CC(C)[C@@H](CN1CCC(F)(F)C1)N(C)C(=O)c1ccc(Cl)cc1. The lowest BCUT2D eigenvalue weighted by molar-refractivity contribution is 0.00885. The summed E-state index contributed by atoms with van der Waals surface area (Å²) < 4.78 is 26.7. The largest absolute Gasteiger partial charge is 0.337 e. The predicted molar refractivity (Wildman–Crippen MR) is 88.2 cm³/mol. The molecular weight excluding hydrogens is 322 g/mol. The minimum atomic E-state index is -2.61. The second-order valence-corrected chi connectivity index (χ2v) is 7.01. The molecule has 1 atom stereocenters. The number of carbonyl (C=O) groups excluding carboxylic acids is 1. The number of likely N-dealkylation sites (tertiary alicyclic amines) is 1. The lowest BCUT2D eigenvalue weighted by Gasteiger charge is -2.34. The Balaban J connectivity index is 2.07. The minimum Gasteiger partial charge on any atom is -0.337 e. The van der Waals surface area contributed by atoms with Gasteiger partial charge in [0.15, 0.2) is 0 Å². The molecule has 1 heterocycles. The fourth-order valence-corrected chi connectivity index (χ4v) is 3.08. The molecule has 1 aromatic rings. The van der Waals surface area contributed by atoms with Gasteiger partial charge in [-0.2, -0.15) is 0 Å². The van der Waals surface area contributed by atoms with Crippen molar-refractivity contribution in [2.24, 2.45) is 5.92 Å². The third kappa shape index (κ3) is 4.64. The number of alkyl halides is 2. The number of benzene rings is 1. The normalized spacial score (nSPS) is 19.1. The van der Waals surface area contributed by atoms with Crippen LogP contribution >= 0.6 is 11.6 Å². The van der Waals surface area contributed by atoms with Gasteiger partial charge in [0.2, 0.25) is 0 Å². The number of carbonyl (C=O) groups is 1. The molecule has 1 saturated heterocycles. The summed E-state index contributed by atoms with van der Waals surface area (Å²) in [6.07, 6.45) is -0.105. The summed E-state index contributed by atoms with van der Waals surface area (Å²) in [5.41, 5.74) is 0.550. The van der Waals surface area contributed by atoms with Crippen molar-refractivity contribution < 1.29 is 13.6 Å². The van der Waals surface area contributed by atoms with Crippen molar-refractivity contribution in [1.82, 2.24) is 9.80 Å². The highest BCUT2D eigenvalue weighted by molar-refractivity contribution is 6.30. The fraction of sp³-hybridized carbons (Fsp3) is 0.588. The predicted octanol–water partition coefficient (Wildman–Crippen LogP) is 3.78. The van der Waals surface area contributed by atoms with Crippen LogP contribution in [0.3, 0.4) is 0 Å². The fourth-order valence-electron chi connectivity index (χ4n) is 2.95. The van der Waals surface area contributed by atoms with Gasteiger partial charge in [-0.1, -0.05) is 25.4 Å². The first-order valence-corrected chi connectivity index (χ1v) is 8.20. The van der Waals surface area contributed by atoms with Crippen LogP contribution in [-0.4, -0.2) is 54.4 Å². The van der Waals surface area contributed by atoms with Crippen LogP contribution in [0, 0.1) is 5.92 Å². The van der Waals surface area contributed by atoms with Gasteiger partial charge in [0, 0.05) is 43.2 Å². The molecule has 0 spiro atoms. The maximum Gasteiger partial charge on any atom is 0.261 e. The van der Waals surface area contributed by atoms with E-state index in [1.54, 1.807) is 41.1 Å². The lowest BCUT2D eigenvalue weighted by Crippen LogP contribution is -2.47. The van der Waals surface area contributed by atoms with Crippen molar-refractivity contribution >= 4 is 17.5 Å². The average molecular weight is 345 g/mol. The molecule has 1 aromatic carbocycles. The number of hydrogen-bond acceptors (Lipinski definition) is 2. The van der Waals surface area contributed by atoms with Gasteiger partial charge < -0.3 is 4.90 Å². The second kappa shape index (κ2) is 7.14. The van der Waals surface area contributed by atoms with Gasteiger partial charge in [0.05, 0.1) is 6.54 Å². The van der Waals surface area contributed by atoms with Gasteiger partial charge in [-0.05, 0) is 30.2 Å². The first kappa shape index (κ1) is 18.1. The summed E-state index contributed by atoms with van der Waals surface area (Å²) in [6.45, 7) is 4.62. The first-order chi connectivity index (χ1) is 10.7. The Morgan fingerprint density at radius 2 is 1.96 bits per heavy atom. The molecule has 6 heteroatoms. The number of rotatable bonds is 5. The smallest absolute Gasteiger partial charge is 0.261 e. The third-order valence-corrected chi connectivity index (χ3v) is 4.62. The van der Waals surface area contributed by atoms with Crippen molar-refractivity contribution in [3.05, 3.63) is 34.9 Å². The van der Waals surface area contributed by atoms with E-state index in [1.807, 2.05) is 13.8 Å². The minimum absolute atomic E-state index is 0.105. The first-order valence-electron chi connectivity index (χ1n) is 7.82. The van der Waals surface area contributed by atoms with Gasteiger partial charge in [-0.25, -0.2) is 8.78 Å². The number of hydrogen-bond donors (Lipinski definition) is 0. The van der Waals surface area contributed by atoms with E-state index in [1.165, 1.54) is 0 Å². The standard InChI is InChI=1S/C17H23ClF2N2O/c1-12(2)15(10-22-9-8-17(19,20)11-22)21(3)16(23)13-4-6-14(18)7-5-13/h4-7,12,15H,8-11H2,1-3H3/t15-/m1/s1. The Hall–Kier alpha value is -1.20. The number of halogens is 3. The van der Waals surface area contributed by atoms with Crippen LogP contribution in [0.2, 0.25) is 5.02 Å². The molecule has 0 saturated carbocycles. The summed E-state index contributed by atoms with van der Waals surface area (Å²) in [6, 6.07) is 6.60. The van der Waals surface area contributed by atoms with Gasteiger partial charge >= 0.3 is 0 Å². The number of amides is 1. The monoisotopic (exact) mass is 344 g/mol. The zero-order chi connectivity index (χ0) is 17.2. The molecule has 3 nitrogen and oxygen atoms in total. The summed E-state index contributed by atoms with van der Waals surface area (Å²) >= 11 is 5.85. The molecule has 0 aromatic heterocycles. The quantitative estimate of drug-likeness (QED) is 0.811. The Morgan fingerprint density at radius 3 is 2.43 bits per heavy atom. The highest BCUT2D eigenvalue weighted by Gasteiger charge is 2.39. The molecular formula is C17H23ClF2N2O. The average Bonchev–Trinajstić information content (AvgIpc) is 2.83. The molecule has 1 aliphatic heterocycles. The van der Waals surface area contributed by atoms with Crippen molar-refractivity contribution in [2.45, 2.75) is 32.2 Å². The van der Waals surface area contributed by atoms with Gasteiger partial charge in [0.1, 0.15) is 0 Å². The van der Waals surface area contributed by atoms with E-state index in [4.69, 9.17) is 11.6 Å². The Kier molecular flexibility index (Phi) is 5.63. The van der Waals surface area contributed by atoms with Crippen molar-refractivity contribution in [2.75, 3.05) is 26.7 Å². The van der Waals surface area contributed by atoms with Gasteiger partial charge in [-0.15, -0.1) is 0 Å². The van der Waals surface area contributed by atoms with Gasteiger partial charge in [-0.3, -0.25) is 9.69 Å². The Labute approximate surface area is 141 Å². The second-order valence-electron chi connectivity index (χ2n) is 6.58.